The van der Waals surface area contributed by atoms with Crippen molar-refractivity contribution in [2.45, 2.75) is 97.5 Å². The Morgan fingerprint density at radius 1 is 0.850 bits per heavy atom. The number of halogens is 2. The molecule has 4 aromatic rings. The highest BCUT2D eigenvalue weighted by Gasteiger charge is 2.46. The number of nitrogens with one attached hydrogen (secondary N) is 1. The number of hydrogen-bond acceptors (Lipinski definition) is 13. The lowest BCUT2D eigenvalue weighted by atomic mass is 10.0. The first-order valence-electron chi connectivity index (χ1n) is 18.9. The molecular weight excluding hydrogens is 788 g/mol. The SMILES string of the molecule is COc1cc(OC)c(F)c(C(=O)c2oc3cnc(N(C(=O)OC(C)(C)C)c4ccc(OCC5(NC(=O)OC(C)(C)C)CC5)cc4N)cc3c2N(C)C(=O)OC(C)(C)C)c1F. The molecule has 2 heterocycles. The largest absolute Gasteiger partial charge is 0.494 e. The fraction of sp³-hybridized carbons (Fsp3) is 0.452. The minimum atomic E-state index is -1.35. The van der Waals surface area contributed by atoms with Gasteiger partial charge >= 0.3 is 18.3 Å². The van der Waals surface area contributed by atoms with Crippen LogP contribution in [0.1, 0.15) is 91.3 Å². The zero-order valence-electron chi connectivity index (χ0n) is 35.8. The van der Waals surface area contributed by atoms with E-state index in [2.05, 4.69) is 10.3 Å². The van der Waals surface area contributed by atoms with Crippen molar-refractivity contribution >= 4 is 57.9 Å². The number of ketones is 1. The number of carbonyl (C=O) groups excluding carboxylic acids is 4. The number of amides is 3. The second kappa shape index (κ2) is 16.4. The second-order valence-electron chi connectivity index (χ2n) is 17.2. The summed E-state index contributed by atoms with van der Waals surface area (Å²) in [6, 6.07) is 6.80. The minimum absolute atomic E-state index is 0.00619. The van der Waals surface area contributed by atoms with Crippen molar-refractivity contribution in [3.63, 3.8) is 0 Å². The molecule has 0 atom stereocenters. The lowest BCUT2D eigenvalue weighted by molar-refractivity contribution is 0.0475. The van der Waals surface area contributed by atoms with Gasteiger partial charge in [-0.05, 0) is 93.4 Å². The molecule has 5 rings (SSSR count). The number of fused-ring (bicyclic) bond motifs is 1. The van der Waals surface area contributed by atoms with Gasteiger partial charge in [0.2, 0.25) is 5.78 Å². The van der Waals surface area contributed by atoms with Crippen LogP contribution >= 0.6 is 0 Å². The van der Waals surface area contributed by atoms with E-state index in [1.807, 2.05) is 0 Å². The molecule has 18 heteroatoms. The number of methoxy groups -OCH3 is 2. The lowest BCUT2D eigenvalue weighted by Gasteiger charge is -2.28. The Hall–Kier alpha value is -6.33. The van der Waals surface area contributed by atoms with Gasteiger partial charge in [0.25, 0.3) is 0 Å². The average Bonchev–Trinajstić information content (AvgIpc) is 3.77. The number of rotatable bonds is 11. The smallest absolute Gasteiger partial charge is 0.420 e. The van der Waals surface area contributed by atoms with Crippen molar-refractivity contribution in [2.24, 2.45) is 0 Å². The third-order valence-corrected chi connectivity index (χ3v) is 8.72. The van der Waals surface area contributed by atoms with Gasteiger partial charge < -0.3 is 43.9 Å². The molecule has 0 spiro atoms. The molecule has 0 unspecified atom stereocenters. The maximum absolute atomic E-state index is 15.7. The van der Waals surface area contributed by atoms with Crippen LogP contribution < -0.4 is 35.1 Å². The summed E-state index contributed by atoms with van der Waals surface area (Å²) in [7, 11) is 3.52. The Morgan fingerprint density at radius 2 is 1.42 bits per heavy atom. The molecule has 3 amide bonds. The van der Waals surface area contributed by atoms with Crippen molar-refractivity contribution in [1.82, 2.24) is 10.3 Å². The number of aromatic nitrogens is 1. The Balaban J connectivity index is 1.61. The Labute approximate surface area is 346 Å². The van der Waals surface area contributed by atoms with E-state index in [4.69, 9.17) is 38.6 Å². The highest BCUT2D eigenvalue weighted by Crippen LogP contribution is 2.42. The maximum atomic E-state index is 15.7. The van der Waals surface area contributed by atoms with E-state index in [0.29, 0.717) is 18.6 Å². The van der Waals surface area contributed by atoms with E-state index in [-0.39, 0.29) is 40.5 Å². The predicted molar refractivity (Wildman–Crippen MR) is 218 cm³/mol. The number of nitrogens with two attached hydrogens (primary N) is 1. The minimum Gasteiger partial charge on any atom is -0.494 e. The number of hydrogen-bond donors (Lipinski definition) is 2. The van der Waals surface area contributed by atoms with Gasteiger partial charge in [0.15, 0.2) is 34.5 Å². The first-order valence-corrected chi connectivity index (χ1v) is 18.9. The highest BCUT2D eigenvalue weighted by molar-refractivity contribution is 6.18. The summed E-state index contributed by atoms with van der Waals surface area (Å²) in [5, 5.41) is 2.88. The van der Waals surface area contributed by atoms with Gasteiger partial charge in [-0.2, -0.15) is 0 Å². The number of carbonyl (C=O) groups is 4. The molecule has 324 valence electrons. The van der Waals surface area contributed by atoms with Crippen LogP contribution in [0.2, 0.25) is 0 Å². The summed E-state index contributed by atoms with van der Waals surface area (Å²) >= 11 is 0. The van der Waals surface area contributed by atoms with Gasteiger partial charge in [0.05, 0.1) is 42.7 Å². The average molecular weight is 840 g/mol. The third kappa shape index (κ3) is 10.1. The molecule has 0 bridgehead atoms. The molecule has 1 saturated carbocycles. The van der Waals surface area contributed by atoms with Crippen molar-refractivity contribution in [1.29, 1.82) is 0 Å². The Morgan fingerprint density at radius 3 is 1.93 bits per heavy atom. The van der Waals surface area contributed by atoms with Crippen molar-refractivity contribution in [3.8, 4) is 17.2 Å². The number of nitrogens with zero attached hydrogens (tertiary/aromatic N) is 3. The first-order chi connectivity index (χ1) is 27.8. The van der Waals surface area contributed by atoms with Crippen LogP contribution in [0.15, 0.2) is 40.9 Å². The zero-order chi connectivity index (χ0) is 44.7. The van der Waals surface area contributed by atoms with Crippen LogP contribution in [0, 0.1) is 11.6 Å². The molecule has 0 radical (unpaired) electrons. The van der Waals surface area contributed by atoms with Crippen LogP contribution in [-0.4, -0.2) is 79.3 Å². The van der Waals surface area contributed by atoms with E-state index >= 15 is 8.78 Å². The maximum Gasteiger partial charge on any atom is 0.420 e. The van der Waals surface area contributed by atoms with Crippen molar-refractivity contribution in [2.75, 3.05) is 43.4 Å². The van der Waals surface area contributed by atoms with Gasteiger partial charge in [-0.1, -0.05) is 0 Å². The van der Waals surface area contributed by atoms with E-state index in [9.17, 15) is 19.2 Å². The molecule has 1 aliphatic rings. The summed E-state index contributed by atoms with van der Waals surface area (Å²) < 4.78 is 70.2. The van der Waals surface area contributed by atoms with E-state index in [1.54, 1.807) is 68.4 Å². The number of nitrogen functional groups attached to an aromatic ring is 1. The van der Waals surface area contributed by atoms with Gasteiger partial charge in [0, 0.05) is 19.2 Å². The van der Waals surface area contributed by atoms with Gasteiger partial charge in [-0.15, -0.1) is 0 Å². The molecular formula is C42H51F2N5O11. The lowest BCUT2D eigenvalue weighted by Crippen LogP contribution is -2.44. The number of furan rings is 1. The van der Waals surface area contributed by atoms with Crippen molar-refractivity contribution < 1.29 is 60.8 Å². The molecule has 0 saturated heterocycles. The standard InChI is InChI=1S/C42H51F2N5O11/c1-39(2,3)58-36(51)47-42(15-16-42)21-56-22-13-14-25(24(45)17-22)49(38(53)60-41(7,8)9)29-18-23-28(20-46-29)57-35(33(23)48(10)37(52)59-40(4,5)6)34(50)30-31(43)26(54-11)19-27(55-12)32(30)44/h13-14,17-20H,15-16,21,45H2,1-12H3,(H,47,51). The van der Waals surface area contributed by atoms with Gasteiger partial charge in [-0.25, -0.2) is 33.0 Å². The number of alkyl carbamates (subject to hydrolysis) is 1. The predicted octanol–water partition coefficient (Wildman–Crippen LogP) is 8.82. The molecule has 60 heavy (non-hydrogen) atoms. The van der Waals surface area contributed by atoms with Crippen molar-refractivity contribution in [3.05, 3.63) is 59.5 Å². The normalized spacial score (nSPS) is 13.6. The molecule has 3 N–H and O–H groups in total. The number of benzene rings is 2. The highest BCUT2D eigenvalue weighted by atomic mass is 19.1. The summed E-state index contributed by atoms with van der Waals surface area (Å²) in [5.41, 5.74) is 1.94. The van der Waals surface area contributed by atoms with E-state index < -0.39 is 80.9 Å². The molecule has 16 nitrogen and oxygen atoms in total. The Bertz CT molecular complexity index is 2290. The van der Waals surface area contributed by atoms with Gasteiger partial charge in [-0.3, -0.25) is 9.69 Å². The molecule has 0 aliphatic heterocycles. The fourth-order valence-corrected chi connectivity index (χ4v) is 5.85. The summed E-state index contributed by atoms with van der Waals surface area (Å²) in [6.07, 6.45) is 0.0623. The summed E-state index contributed by atoms with van der Waals surface area (Å²) in [6.45, 7) is 15.3. The van der Waals surface area contributed by atoms with E-state index in [0.717, 1.165) is 36.3 Å². The molecule has 2 aromatic carbocycles. The van der Waals surface area contributed by atoms with Crippen LogP contribution in [-0.2, 0) is 14.2 Å². The Kier molecular flexibility index (Phi) is 12.2. The van der Waals surface area contributed by atoms with E-state index in [1.165, 1.54) is 25.2 Å². The first kappa shape index (κ1) is 44.8. The summed E-state index contributed by atoms with van der Waals surface area (Å²) in [5.74, 6) is -5.47. The topological polar surface area (TPSA) is 194 Å². The fourth-order valence-electron chi connectivity index (χ4n) is 5.85. The summed E-state index contributed by atoms with van der Waals surface area (Å²) in [4.78, 5) is 60.7. The number of ether oxygens (including phenoxy) is 6. The van der Waals surface area contributed by atoms with Crippen LogP contribution in [0.25, 0.3) is 11.0 Å². The van der Waals surface area contributed by atoms with Crippen LogP contribution in [0.3, 0.4) is 0 Å². The molecule has 1 fully saturated rings. The van der Waals surface area contributed by atoms with Gasteiger partial charge in [0.1, 0.15) is 46.2 Å². The van der Waals surface area contributed by atoms with Crippen LogP contribution in [0.4, 0.5) is 46.0 Å². The molecule has 1 aliphatic carbocycles. The monoisotopic (exact) mass is 839 g/mol. The zero-order valence-corrected chi connectivity index (χ0v) is 35.8. The third-order valence-electron chi connectivity index (χ3n) is 8.72. The quantitative estimate of drug-likeness (QED) is 0.0827. The molecule has 2 aromatic heterocycles. The second-order valence-corrected chi connectivity index (χ2v) is 17.2. The van der Waals surface area contributed by atoms with Crippen LogP contribution in [0.5, 0.6) is 17.2 Å². The number of anilines is 4. The number of pyridine rings is 1.